The minimum atomic E-state index is -0.433. The average molecular weight is 492 g/mol. The van der Waals surface area contributed by atoms with Crippen LogP contribution in [0.2, 0.25) is 5.02 Å². The number of benzene rings is 2. The molecule has 9 heteroatoms. The van der Waals surface area contributed by atoms with Gasteiger partial charge in [-0.1, -0.05) is 17.7 Å². The second-order valence-corrected chi connectivity index (χ2v) is 9.80. The number of anilines is 3. The van der Waals surface area contributed by atoms with E-state index in [4.69, 9.17) is 36.3 Å². The molecule has 2 aliphatic heterocycles. The molecule has 0 radical (unpaired) electrons. The summed E-state index contributed by atoms with van der Waals surface area (Å²) in [6.45, 7) is 5.86. The number of nitrogens with zero attached hydrogens (tertiary/aromatic N) is 6. The summed E-state index contributed by atoms with van der Waals surface area (Å²) in [7, 11) is 4.14. The Morgan fingerprint density at radius 2 is 1.74 bits per heavy atom. The topological polar surface area (TPSA) is 78.2 Å². The molecule has 1 aromatic heterocycles. The molecule has 1 atom stereocenters. The average Bonchev–Trinajstić information content (AvgIpc) is 3.20. The minimum Gasteiger partial charge on any atom is -0.378 e. The fraction of sp³-hybridized carbons (Fsp3) is 0.385. The van der Waals surface area contributed by atoms with E-state index in [1.807, 2.05) is 36.4 Å². The number of halogens is 1. The van der Waals surface area contributed by atoms with Gasteiger partial charge in [-0.25, -0.2) is 4.98 Å². The van der Waals surface area contributed by atoms with E-state index in [1.54, 1.807) is 0 Å². The standard InChI is InChI=1S/C26H30ClN7O/c1-26(10-11-33(2)3)31-21-9-4-18(16-23(21)32-26)22-17-24(28-20-7-5-19(27)6-8-20)30-25(29-22)34-12-14-35-15-13-34/h4-9,16-17H,10-15H2,1-3H3,(H,28,29,30). The summed E-state index contributed by atoms with van der Waals surface area (Å²) in [5, 5.41) is 5.92. The SMILES string of the molecule is CN(C)CCC1(C)N=c2ccc(-c3cc(Nc4ccc(Cl)cc4)nc(N4CCOCC4)n3)cc2=N1. The van der Waals surface area contributed by atoms with Crippen LogP contribution in [0.1, 0.15) is 13.3 Å². The van der Waals surface area contributed by atoms with Crippen molar-refractivity contribution in [3.05, 3.63) is 64.3 Å². The maximum atomic E-state index is 6.06. The van der Waals surface area contributed by atoms with E-state index in [9.17, 15) is 0 Å². The molecular formula is C26H30ClN7O. The Kier molecular flexibility index (Phi) is 6.69. The van der Waals surface area contributed by atoms with Crippen molar-refractivity contribution in [1.29, 1.82) is 0 Å². The number of hydrogen-bond acceptors (Lipinski definition) is 8. The van der Waals surface area contributed by atoms with Crippen LogP contribution in [0.5, 0.6) is 0 Å². The van der Waals surface area contributed by atoms with Crippen molar-refractivity contribution in [3.8, 4) is 11.3 Å². The first-order valence-corrected chi connectivity index (χ1v) is 12.2. The number of morpholine rings is 1. The zero-order valence-electron chi connectivity index (χ0n) is 20.3. The van der Waals surface area contributed by atoms with Crippen molar-refractivity contribution < 1.29 is 4.74 Å². The number of fused-ring (bicyclic) bond motifs is 1. The van der Waals surface area contributed by atoms with Crippen molar-refractivity contribution in [3.63, 3.8) is 0 Å². The number of aromatic nitrogens is 2. The largest absolute Gasteiger partial charge is 0.378 e. The highest BCUT2D eigenvalue weighted by atomic mass is 35.5. The fourth-order valence-corrected chi connectivity index (χ4v) is 4.32. The third kappa shape index (κ3) is 5.61. The molecule has 1 N–H and O–H groups in total. The smallest absolute Gasteiger partial charge is 0.228 e. The molecule has 0 amide bonds. The molecule has 2 aliphatic rings. The van der Waals surface area contributed by atoms with Gasteiger partial charge in [-0.05, 0) is 57.4 Å². The van der Waals surface area contributed by atoms with E-state index >= 15 is 0 Å². The van der Waals surface area contributed by atoms with Gasteiger partial charge in [-0.2, -0.15) is 4.98 Å². The lowest BCUT2D eigenvalue weighted by Gasteiger charge is -2.27. The molecule has 1 unspecified atom stereocenters. The molecule has 5 rings (SSSR count). The Balaban J connectivity index is 1.51. The van der Waals surface area contributed by atoms with Gasteiger partial charge in [0.25, 0.3) is 0 Å². The third-order valence-electron chi connectivity index (χ3n) is 6.15. The van der Waals surface area contributed by atoms with Gasteiger partial charge in [-0.3, -0.25) is 9.98 Å². The number of rotatable bonds is 7. The first-order chi connectivity index (χ1) is 16.9. The van der Waals surface area contributed by atoms with Crippen LogP contribution in [-0.4, -0.2) is 67.5 Å². The first kappa shape index (κ1) is 23.7. The van der Waals surface area contributed by atoms with Crippen LogP contribution in [0.3, 0.4) is 0 Å². The zero-order valence-corrected chi connectivity index (χ0v) is 21.1. The van der Waals surface area contributed by atoms with E-state index in [0.717, 1.165) is 59.5 Å². The summed E-state index contributed by atoms with van der Waals surface area (Å²) in [5.74, 6) is 1.40. The van der Waals surface area contributed by atoms with E-state index in [1.165, 1.54) is 0 Å². The highest BCUT2D eigenvalue weighted by Gasteiger charge is 2.25. The minimum absolute atomic E-state index is 0.433. The normalized spacial score (nSPS) is 19.3. The molecule has 0 bridgehead atoms. The van der Waals surface area contributed by atoms with Gasteiger partial charge in [-0.15, -0.1) is 0 Å². The molecule has 0 aliphatic carbocycles. The van der Waals surface area contributed by atoms with Crippen molar-refractivity contribution in [2.45, 2.75) is 19.0 Å². The molecule has 35 heavy (non-hydrogen) atoms. The predicted octanol–water partition coefficient (Wildman–Crippen LogP) is 3.30. The van der Waals surface area contributed by atoms with Crippen molar-refractivity contribution in [2.24, 2.45) is 9.98 Å². The van der Waals surface area contributed by atoms with Crippen LogP contribution in [0.25, 0.3) is 11.3 Å². The maximum absolute atomic E-state index is 6.06. The van der Waals surface area contributed by atoms with Gasteiger partial charge in [0.1, 0.15) is 11.5 Å². The molecule has 0 saturated carbocycles. The highest BCUT2D eigenvalue weighted by Crippen LogP contribution is 2.26. The highest BCUT2D eigenvalue weighted by molar-refractivity contribution is 6.30. The van der Waals surface area contributed by atoms with E-state index < -0.39 is 5.66 Å². The monoisotopic (exact) mass is 491 g/mol. The second kappa shape index (κ2) is 9.89. The van der Waals surface area contributed by atoms with Gasteiger partial charge in [0, 0.05) is 48.4 Å². The molecule has 1 saturated heterocycles. The van der Waals surface area contributed by atoms with Gasteiger partial charge >= 0.3 is 0 Å². The summed E-state index contributed by atoms with van der Waals surface area (Å²) >= 11 is 6.06. The van der Waals surface area contributed by atoms with E-state index in [0.29, 0.717) is 24.2 Å². The van der Waals surface area contributed by atoms with Crippen LogP contribution < -0.4 is 20.9 Å². The van der Waals surface area contributed by atoms with Crippen LogP contribution in [0, 0.1) is 0 Å². The molecule has 3 aromatic rings. The molecular weight excluding hydrogens is 462 g/mol. The quantitative estimate of drug-likeness (QED) is 0.546. The summed E-state index contributed by atoms with van der Waals surface area (Å²) < 4.78 is 5.53. The Morgan fingerprint density at radius 1 is 1.00 bits per heavy atom. The van der Waals surface area contributed by atoms with Gasteiger partial charge in [0.15, 0.2) is 0 Å². The molecule has 8 nitrogen and oxygen atoms in total. The Morgan fingerprint density at radius 3 is 2.49 bits per heavy atom. The van der Waals surface area contributed by atoms with Gasteiger partial charge in [0.2, 0.25) is 5.95 Å². The lowest BCUT2D eigenvalue weighted by Crippen LogP contribution is -2.37. The lowest BCUT2D eigenvalue weighted by atomic mass is 10.1. The summed E-state index contributed by atoms with van der Waals surface area (Å²) in [4.78, 5) is 23.9. The Labute approximate surface area is 210 Å². The first-order valence-electron chi connectivity index (χ1n) is 11.9. The lowest BCUT2D eigenvalue weighted by molar-refractivity contribution is 0.122. The van der Waals surface area contributed by atoms with Crippen LogP contribution >= 0.6 is 11.6 Å². The van der Waals surface area contributed by atoms with Crippen LogP contribution in [-0.2, 0) is 4.74 Å². The van der Waals surface area contributed by atoms with Crippen LogP contribution in [0.15, 0.2) is 58.5 Å². The predicted molar refractivity (Wildman–Crippen MR) is 139 cm³/mol. The molecule has 0 spiro atoms. The summed E-state index contributed by atoms with van der Waals surface area (Å²) in [6.07, 6.45) is 0.869. The molecule has 3 heterocycles. The van der Waals surface area contributed by atoms with E-state index in [2.05, 4.69) is 48.3 Å². The zero-order chi connectivity index (χ0) is 24.4. The Bertz CT molecular complexity index is 1320. The van der Waals surface area contributed by atoms with E-state index in [-0.39, 0.29) is 0 Å². The van der Waals surface area contributed by atoms with Gasteiger partial charge in [0.05, 0.1) is 29.6 Å². The molecule has 182 valence electrons. The Hall–Kier alpha value is -3.07. The number of hydrogen-bond donors (Lipinski definition) is 1. The third-order valence-corrected chi connectivity index (χ3v) is 6.40. The summed E-state index contributed by atoms with van der Waals surface area (Å²) in [6, 6.07) is 15.7. The van der Waals surface area contributed by atoms with Gasteiger partial charge < -0.3 is 19.9 Å². The maximum Gasteiger partial charge on any atom is 0.228 e. The second-order valence-electron chi connectivity index (χ2n) is 9.37. The number of nitrogens with one attached hydrogen (secondary N) is 1. The van der Waals surface area contributed by atoms with Crippen molar-refractivity contribution in [2.75, 3.05) is 57.2 Å². The van der Waals surface area contributed by atoms with Crippen molar-refractivity contribution >= 4 is 29.1 Å². The number of ether oxygens (including phenoxy) is 1. The summed E-state index contributed by atoms with van der Waals surface area (Å²) in [5.41, 5.74) is 2.29. The van der Waals surface area contributed by atoms with Crippen LogP contribution in [0.4, 0.5) is 17.5 Å². The molecule has 1 fully saturated rings. The molecule has 2 aromatic carbocycles. The van der Waals surface area contributed by atoms with Crippen molar-refractivity contribution in [1.82, 2.24) is 14.9 Å². The fourth-order valence-electron chi connectivity index (χ4n) is 4.19.